The molecule has 2 rings (SSSR count). The van der Waals surface area contributed by atoms with Crippen LogP contribution in [-0.2, 0) is 11.8 Å². The van der Waals surface area contributed by atoms with Gasteiger partial charge in [-0.05, 0) is 72.6 Å². The van der Waals surface area contributed by atoms with Crippen LogP contribution < -0.4 is 0 Å². The van der Waals surface area contributed by atoms with Gasteiger partial charge >= 0.3 is 0 Å². The Bertz CT molecular complexity index is 637. The molecule has 0 fully saturated rings. The van der Waals surface area contributed by atoms with Crippen LogP contribution in [-0.4, -0.2) is 5.11 Å². The molecule has 0 spiro atoms. The maximum Gasteiger partial charge on any atom is 0.115 e. The van der Waals surface area contributed by atoms with Gasteiger partial charge in [0.1, 0.15) is 5.75 Å². The van der Waals surface area contributed by atoms with Crippen molar-refractivity contribution in [3.05, 3.63) is 63.7 Å². The summed E-state index contributed by atoms with van der Waals surface area (Å²) in [5.41, 5.74) is 7.96. The Hall–Kier alpha value is -1.76. The number of aromatic hydroxyl groups is 1. The molecule has 0 aliphatic heterocycles. The summed E-state index contributed by atoms with van der Waals surface area (Å²) in [5.74, 6) is 0.348. The third-order valence-corrected chi connectivity index (χ3v) is 4.11. The van der Waals surface area contributed by atoms with Gasteiger partial charge in [-0.2, -0.15) is 0 Å². The average Bonchev–Trinajstić information content (AvgIpc) is 2.34. The Balaban J connectivity index is 2.50. The topological polar surface area (TPSA) is 20.2 Å². The van der Waals surface area contributed by atoms with Crippen molar-refractivity contribution in [1.29, 1.82) is 0 Å². The zero-order valence-corrected chi connectivity index (χ0v) is 14.0. The minimum atomic E-state index is 0.0284. The van der Waals surface area contributed by atoms with Gasteiger partial charge in [-0.1, -0.05) is 44.5 Å². The van der Waals surface area contributed by atoms with Crippen LogP contribution in [0.1, 0.15) is 54.2 Å². The molecule has 1 nitrogen and oxygen atoms in total. The number of aryl methyl sites for hydroxylation is 3. The number of benzene rings is 2. The molecule has 0 aliphatic rings. The molecule has 21 heavy (non-hydrogen) atoms. The Morgan fingerprint density at radius 3 is 2.00 bits per heavy atom. The van der Waals surface area contributed by atoms with E-state index in [-0.39, 0.29) is 5.41 Å². The summed E-state index contributed by atoms with van der Waals surface area (Å²) in [4.78, 5) is 0. The van der Waals surface area contributed by atoms with Crippen LogP contribution in [0.3, 0.4) is 0 Å². The van der Waals surface area contributed by atoms with E-state index in [1.807, 2.05) is 6.07 Å². The molecule has 2 aromatic rings. The first-order valence-electron chi connectivity index (χ1n) is 7.57. The highest BCUT2D eigenvalue weighted by Gasteiger charge is 2.19. The second kappa shape index (κ2) is 5.55. The van der Waals surface area contributed by atoms with Gasteiger partial charge in [-0.25, -0.2) is 0 Å². The fourth-order valence-corrected chi connectivity index (χ4v) is 3.10. The second-order valence-electron chi connectivity index (χ2n) is 7.15. The van der Waals surface area contributed by atoms with Crippen molar-refractivity contribution in [2.75, 3.05) is 0 Å². The van der Waals surface area contributed by atoms with Crippen molar-refractivity contribution in [2.45, 2.75) is 53.4 Å². The van der Waals surface area contributed by atoms with Gasteiger partial charge in [-0.3, -0.25) is 0 Å². The van der Waals surface area contributed by atoms with Gasteiger partial charge in [0.15, 0.2) is 0 Å². The van der Waals surface area contributed by atoms with Crippen molar-refractivity contribution in [2.24, 2.45) is 0 Å². The van der Waals surface area contributed by atoms with E-state index in [0.717, 1.165) is 6.42 Å². The lowest BCUT2D eigenvalue weighted by atomic mass is 9.81. The molecule has 1 N–H and O–H groups in total. The van der Waals surface area contributed by atoms with E-state index < -0.39 is 0 Å². The second-order valence-corrected chi connectivity index (χ2v) is 7.15. The van der Waals surface area contributed by atoms with Crippen LogP contribution in [0, 0.1) is 20.8 Å². The van der Waals surface area contributed by atoms with Crippen LogP contribution in [0.5, 0.6) is 5.75 Å². The Labute approximate surface area is 128 Å². The molecule has 0 aromatic heterocycles. The van der Waals surface area contributed by atoms with E-state index in [9.17, 15) is 5.11 Å². The molecule has 0 atom stereocenters. The highest BCUT2D eigenvalue weighted by atomic mass is 16.3. The van der Waals surface area contributed by atoms with E-state index in [1.54, 1.807) is 6.07 Å². The lowest BCUT2D eigenvalue weighted by Crippen LogP contribution is -2.14. The Kier molecular flexibility index (Phi) is 4.13. The Morgan fingerprint density at radius 1 is 0.905 bits per heavy atom. The van der Waals surface area contributed by atoms with Gasteiger partial charge in [-0.15, -0.1) is 0 Å². The summed E-state index contributed by atoms with van der Waals surface area (Å²) < 4.78 is 0. The van der Waals surface area contributed by atoms with Crippen LogP contribution in [0.2, 0.25) is 0 Å². The summed E-state index contributed by atoms with van der Waals surface area (Å²) in [6.07, 6.45) is 0.921. The molecule has 2 aromatic carbocycles. The SMILES string of the molecule is Cc1cc(C)c(Cc2ccc(O)cc2C(C)(C)C)c(C)c1. The van der Waals surface area contributed by atoms with Gasteiger partial charge in [0.05, 0.1) is 0 Å². The number of hydrogen-bond donors (Lipinski definition) is 1. The third-order valence-electron chi connectivity index (χ3n) is 4.11. The van der Waals surface area contributed by atoms with Gasteiger partial charge < -0.3 is 5.11 Å². The molecule has 1 heteroatoms. The van der Waals surface area contributed by atoms with Gasteiger partial charge in [0.25, 0.3) is 0 Å². The van der Waals surface area contributed by atoms with Crippen molar-refractivity contribution in [3.8, 4) is 5.75 Å². The van der Waals surface area contributed by atoms with Gasteiger partial charge in [0.2, 0.25) is 0 Å². The molecule has 0 heterocycles. The average molecular weight is 282 g/mol. The summed E-state index contributed by atoms with van der Waals surface area (Å²) in [6.45, 7) is 13.1. The van der Waals surface area contributed by atoms with Crippen LogP contribution in [0.25, 0.3) is 0 Å². The normalized spacial score (nSPS) is 11.7. The number of rotatable bonds is 2. The molecule has 0 saturated heterocycles. The number of phenolic OH excluding ortho intramolecular Hbond substituents is 1. The predicted molar refractivity (Wildman–Crippen MR) is 90.3 cm³/mol. The quantitative estimate of drug-likeness (QED) is 0.802. The van der Waals surface area contributed by atoms with E-state index in [2.05, 4.69) is 59.7 Å². The first-order valence-corrected chi connectivity index (χ1v) is 7.57. The largest absolute Gasteiger partial charge is 0.508 e. The lowest BCUT2D eigenvalue weighted by Gasteiger charge is -2.24. The highest BCUT2D eigenvalue weighted by molar-refractivity contribution is 5.45. The van der Waals surface area contributed by atoms with Crippen molar-refractivity contribution < 1.29 is 5.11 Å². The zero-order chi connectivity index (χ0) is 15.8. The minimum absolute atomic E-state index is 0.0284. The van der Waals surface area contributed by atoms with E-state index in [4.69, 9.17) is 0 Å². The minimum Gasteiger partial charge on any atom is -0.508 e. The maximum atomic E-state index is 9.81. The maximum absolute atomic E-state index is 9.81. The van der Waals surface area contributed by atoms with Gasteiger partial charge in [0, 0.05) is 0 Å². The monoisotopic (exact) mass is 282 g/mol. The first-order chi connectivity index (χ1) is 9.68. The molecular formula is C20H26O. The summed E-state index contributed by atoms with van der Waals surface area (Å²) >= 11 is 0. The predicted octanol–water partition coefficient (Wildman–Crippen LogP) is 5.21. The fourth-order valence-electron chi connectivity index (χ4n) is 3.10. The molecule has 0 bridgehead atoms. The van der Waals surface area contributed by atoms with E-state index in [1.165, 1.54) is 33.4 Å². The molecule has 0 amide bonds. The molecule has 0 saturated carbocycles. The summed E-state index contributed by atoms with van der Waals surface area (Å²) in [6, 6.07) is 10.3. The van der Waals surface area contributed by atoms with Crippen molar-refractivity contribution >= 4 is 0 Å². The molecule has 0 aliphatic carbocycles. The standard InChI is InChI=1S/C20H26O/c1-13-9-14(2)18(15(3)10-13)11-16-7-8-17(21)12-19(16)20(4,5)6/h7-10,12,21H,11H2,1-6H3. The summed E-state index contributed by atoms with van der Waals surface area (Å²) in [5, 5.41) is 9.81. The smallest absolute Gasteiger partial charge is 0.115 e. The van der Waals surface area contributed by atoms with Crippen LogP contribution in [0.15, 0.2) is 30.3 Å². The fraction of sp³-hybridized carbons (Fsp3) is 0.400. The van der Waals surface area contributed by atoms with Crippen LogP contribution in [0.4, 0.5) is 0 Å². The van der Waals surface area contributed by atoms with Crippen molar-refractivity contribution in [3.63, 3.8) is 0 Å². The van der Waals surface area contributed by atoms with E-state index in [0.29, 0.717) is 5.75 Å². The summed E-state index contributed by atoms with van der Waals surface area (Å²) in [7, 11) is 0. The molecule has 0 radical (unpaired) electrons. The number of hydrogen-bond acceptors (Lipinski definition) is 1. The molecular weight excluding hydrogens is 256 g/mol. The Morgan fingerprint density at radius 2 is 1.48 bits per heavy atom. The highest BCUT2D eigenvalue weighted by Crippen LogP contribution is 2.31. The molecule has 0 unspecified atom stereocenters. The van der Waals surface area contributed by atoms with E-state index >= 15 is 0 Å². The zero-order valence-electron chi connectivity index (χ0n) is 14.0. The molecule has 112 valence electrons. The lowest BCUT2D eigenvalue weighted by molar-refractivity contribution is 0.470. The van der Waals surface area contributed by atoms with Crippen LogP contribution >= 0.6 is 0 Å². The third kappa shape index (κ3) is 3.47. The van der Waals surface area contributed by atoms with Crippen molar-refractivity contribution in [1.82, 2.24) is 0 Å². The number of phenols is 1. The first kappa shape index (κ1) is 15.6.